The molecule has 2 aromatic rings. The minimum absolute atomic E-state index is 0.00176. The molecule has 3 nitrogen and oxygen atoms in total. The van der Waals surface area contributed by atoms with E-state index in [2.05, 4.69) is 20.9 Å². The summed E-state index contributed by atoms with van der Waals surface area (Å²) in [5, 5.41) is 10.4. The second-order valence-electron chi connectivity index (χ2n) is 2.93. The van der Waals surface area contributed by atoms with Gasteiger partial charge in [0.1, 0.15) is 10.7 Å². The van der Waals surface area contributed by atoms with Crippen LogP contribution < -0.4 is 0 Å². The van der Waals surface area contributed by atoms with Crippen molar-refractivity contribution >= 4 is 44.3 Å². The summed E-state index contributed by atoms with van der Waals surface area (Å²) in [6.07, 6.45) is 1.55. The lowest BCUT2D eigenvalue weighted by Crippen LogP contribution is -2.00. The fourth-order valence-electron chi connectivity index (χ4n) is 1.40. The number of benzene rings is 1. The van der Waals surface area contributed by atoms with Crippen molar-refractivity contribution in [2.24, 2.45) is 0 Å². The molecule has 0 aliphatic heterocycles. The van der Waals surface area contributed by atoms with Crippen molar-refractivity contribution in [2.45, 2.75) is 0 Å². The van der Waals surface area contributed by atoms with Gasteiger partial charge in [0.05, 0.1) is 0 Å². The zero-order valence-electron chi connectivity index (χ0n) is 7.37. The highest BCUT2D eigenvalue weighted by atomic mass is 79.9. The number of carboxylic acid groups (broad SMARTS) is 1. The minimum atomic E-state index is -1.08. The third-order valence-electron chi connectivity index (χ3n) is 2.03. The number of carboxylic acids is 1. The van der Waals surface area contributed by atoms with E-state index in [0.29, 0.717) is 9.86 Å². The van der Waals surface area contributed by atoms with Gasteiger partial charge < -0.3 is 5.11 Å². The number of nitrogens with zero attached hydrogens (tertiary/aromatic N) is 1. The number of hydrogen-bond acceptors (Lipinski definition) is 2. The summed E-state index contributed by atoms with van der Waals surface area (Å²) in [5.41, 5.74) is 0.0293. The average Bonchev–Trinajstić information content (AvgIpc) is 2.18. The van der Waals surface area contributed by atoms with E-state index >= 15 is 0 Å². The summed E-state index contributed by atoms with van der Waals surface area (Å²) >= 11 is 9.06. The van der Waals surface area contributed by atoms with Gasteiger partial charge >= 0.3 is 5.97 Å². The predicted octanol–water partition coefficient (Wildman–Crippen LogP) is 3.35. The van der Waals surface area contributed by atoms with Gasteiger partial charge in [0, 0.05) is 21.4 Å². The molecule has 0 bridgehead atoms. The number of aromatic nitrogens is 1. The second kappa shape index (κ2) is 3.79. The van der Waals surface area contributed by atoms with Crippen molar-refractivity contribution in [3.05, 3.63) is 39.6 Å². The van der Waals surface area contributed by atoms with Gasteiger partial charge in [0.15, 0.2) is 0 Å². The van der Waals surface area contributed by atoms with Gasteiger partial charge in [-0.05, 0) is 6.07 Å². The van der Waals surface area contributed by atoms with Crippen molar-refractivity contribution in [3.8, 4) is 0 Å². The Balaban J connectivity index is 2.97. The van der Waals surface area contributed by atoms with Crippen LogP contribution in [0.4, 0.5) is 0 Å². The molecule has 5 heteroatoms. The number of halogens is 2. The fraction of sp³-hybridized carbons (Fsp3) is 0. The zero-order valence-corrected chi connectivity index (χ0v) is 9.71. The molecule has 76 valence electrons. The van der Waals surface area contributed by atoms with Crippen LogP contribution in [0.15, 0.2) is 28.9 Å². The van der Waals surface area contributed by atoms with Gasteiger partial charge in [-0.2, -0.15) is 0 Å². The summed E-state index contributed by atoms with van der Waals surface area (Å²) in [4.78, 5) is 14.9. The molecule has 0 aliphatic carbocycles. The Hall–Kier alpha value is -1.13. The Labute approximate surface area is 98.8 Å². The number of fused-ring (bicyclic) bond motifs is 1. The van der Waals surface area contributed by atoms with Gasteiger partial charge in [0.25, 0.3) is 0 Å². The largest absolute Gasteiger partial charge is 0.478 e. The first-order chi connectivity index (χ1) is 7.11. The van der Waals surface area contributed by atoms with Gasteiger partial charge in [0.2, 0.25) is 0 Å². The molecule has 1 aromatic heterocycles. The first-order valence-electron chi connectivity index (χ1n) is 4.07. The van der Waals surface area contributed by atoms with Crippen LogP contribution in [0.5, 0.6) is 0 Å². The third-order valence-corrected chi connectivity index (χ3v) is 2.98. The highest BCUT2D eigenvalue weighted by Gasteiger charge is 2.16. The summed E-state index contributed by atoms with van der Waals surface area (Å²) in [5.74, 6) is -1.08. The summed E-state index contributed by atoms with van der Waals surface area (Å²) in [7, 11) is 0. The standard InChI is InChI=1S/C10H5BrClNO2/c11-6-3-1-2-5-4-13-9(12)8(7(5)6)10(14)15/h1-4H,(H,14,15). The number of hydrogen-bond donors (Lipinski definition) is 1. The average molecular weight is 287 g/mol. The normalized spacial score (nSPS) is 10.5. The molecule has 0 atom stereocenters. The van der Waals surface area contributed by atoms with Crippen molar-refractivity contribution < 1.29 is 9.90 Å². The first kappa shape index (κ1) is 10.4. The molecule has 15 heavy (non-hydrogen) atoms. The van der Waals surface area contributed by atoms with E-state index in [-0.39, 0.29) is 10.7 Å². The van der Waals surface area contributed by atoms with Gasteiger partial charge in [-0.25, -0.2) is 9.78 Å². The smallest absolute Gasteiger partial charge is 0.339 e. The number of pyridine rings is 1. The Morgan fingerprint density at radius 3 is 2.87 bits per heavy atom. The van der Waals surface area contributed by atoms with E-state index in [1.165, 1.54) is 0 Å². The van der Waals surface area contributed by atoms with Crippen LogP contribution in [0.25, 0.3) is 10.8 Å². The summed E-state index contributed by atoms with van der Waals surface area (Å²) < 4.78 is 0.696. The summed E-state index contributed by atoms with van der Waals surface area (Å²) in [6, 6.07) is 5.37. The maximum atomic E-state index is 11.0. The van der Waals surface area contributed by atoms with Crippen molar-refractivity contribution in [1.82, 2.24) is 4.98 Å². The highest BCUT2D eigenvalue weighted by molar-refractivity contribution is 9.10. The van der Waals surface area contributed by atoms with Crippen LogP contribution in [0.1, 0.15) is 10.4 Å². The van der Waals surface area contributed by atoms with Crippen LogP contribution in [0.2, 0.25) is 5.15 Å². The maximum absolute atomic E-state index is 11.0. The van der Waals surface area contributed by atoms with E-state index in [0.717, 1.165) is 5.39 Å². The lowest BCUT2D eigenvalue weighted by atomic mass is 10.1. The Bertz CT molecular complexity index is 556. The molecule has 0 amide bonds. The molecule has 2 rings (SSSR count). The molecule has 0 aliphatic rings. The van der Waals surface area contributed by atoms with E-state index in [4.69, 9.17) is 16.7 Å². The molecule has 0 saturated carbocycles. The molecular formula is C10H5BrClNO2. The number of aromatic carboxylic acids is 1. The Morgan fingerprint density at radius 2 is 2.20 bits per heavy atom. The Kier molecular flexibility index (Phi) is 2.63. The van der Waals surface area contributed by atoms with Crippen LogP contribution >= 0.6 is 27.5 Å². The fourth-order valence-corrected chi connectivity index (χ4v) is 2.21. The molecule has 0 fully saturated rings. The lowest BCUT2D eigenvalue weighted by Gasteiger charge is -2.05. The van der Waals surface area contributed by atoms with Gasteiger partial charge in [-0.15, -0.1) is 0 Å². The van der Waals surface area contributed by atoms with Crippen LogP contribution in [0, 0.1) is 0 Å². The van der Waals surface area contributed by atoms with E-state index in [9.17, 15) is 4.79 Å². The minimum Gasteiger partial charge on any atom is -0.478 e. The maximum Gasteiger partial charge on any atom is 0.339 e. The molecular weight excluding hydrogens is 281 g/mol. The molecule has 1 N–H and O–H groups in total. The van der Waals surface area contributed by atoms with E-state index < -0.39 is 5.97 Å². The molecule has 0 saturated heterocycles. The predicted molar refractivity (Wildman–Crippen MR) is 61.4 cm³/mol. The molecule has 0 radical (unpaired) electrons. The van der Waals surface area contributed by atoms with Gasteiger partial charge in [-0.1, -0.05) is 39.7 Å². The first-order valence-corrected chi connectivity index (χ1v) is 5.24. The van der Waals surface area contributed by atoms with Crippen LogP contribution in [-0.2, 0) is 0 Å². The molecule has 0 spiro atoms. The third kappa shape index (κ3) is 1.70. The number of rotatable bonds is 1. The quantitative estimate of drug-likeness (QED) is 0.818. The van der Waals surface area contributed by atoms with Crippen molar-refractivity contribution in [1.29, 1.82) is 0 Å². The monoisotopic (exact) mass is 285 g/mol. The van der Waals surface area contributed by atoms with Gasteiger partial charge in [-0.3, -0.25) is 0 Å². The second-order valence-corrected chi connectivity index (χ2v) is 4.15. The highest BCUT2D eigenvalue weighted by Crippen LogP contribution is 2.30. The van der Waals surface area contributed by atoms with Crippen molar-refractivity contribution in [3.63, 3.8) is 0 Å². The van der Waals surface area contributed by atoms with Crippen LogP contribution in [0.3, 0.4) is 0 Å². The van der Waals surface area contributed by atoms with Crippen molar-refractivity contribution in [2.75, 3.05) is 0 Å². The summed E-state index contributed by atoms with van der Waals surface area (Å²) in [6.45, 7) is 0. The SMILES string of the molecule is O=C(O)c1c(Cl)ncc2cccc(Br)c12. The zero-order chi connectivity index (χ0) is 11.0. The molecule has 0 unspecified atom stereocenters. The van der Waals surface area contributed by atoms with Crippen LogP contribution in [-0.4, -0.2) is 16.1 Å². The lowest BCUT2D eigenvalue weighted by molar-refractivity contribution is 0.0699. The molecule has 1 aromatic carbocycles. The van der Waals surface area contributed by atoms with E-state index in [1.807, 2.05) is 6.07 Å². The topological polar surface area (TPSA) is 50.2 Å². The Morgan fingerprint density at radius 1 is 1.47 bits per heavy atom. The van der Waals surface area contributed by atoms with E-state index in [1.54, 1.807) is 18.3 Å². The number of carbonyl (C=O) groups is 1. The molecule has 1 heterocycles.